The Morgan fingerprint density at radius 2 is 1.12 bits per heavy atom. The second kappa shape index (κ2) is 9.16. The Morgan fingerprint density at radius 3 is 1.12 bits per heavy atom. The molecule has 0 bridgehead atoms. The third-order valence-electron chi connectivity index (χ3n) is 0. The summed E-state index contributed by atoms with van der Waals surface area (Å²) in [4.78, 5) is 0. The van der Waals surface area contributed by atoms with Crippen molar-refractivity contribution < 1.29 is 34.6 Å². The van der Waals surface area contributed by atoms with Crippen LogP contribution in [0.2, 0.25) is 0 Å². The van der Waals surface area contributed by atoms with Crippen molar-refractivity contribution in [3.8, 4) is 0 Å². The molecule has 0 heterocycles. The molecule has 1 radical (unpaired) electrons. The Bertz CT molecular complexity index is 99.2. The van der Waals surface area contributed by atoms with Crippen LogP contribution in [0.4, 0.5) is 0 Å². The minimum atomic E-state index is -4.67. The van der Waals surface area contributed by atoms with Crippen LogP contribution in [-0.2, 0) is 27.5 Å². The van der Waals surface area contributed by atoms with E-state index in [1.54, 1.807) is 0 Å². The summed E-state index contributed by atoms with van der Waals surface area (Å²) in [5.41, 5.74) is 0. The number of hydrogen-bond acceptors (Lipinski definition) is 2. The number of hydrogen-bond donors (Lipinski definition) is 2. The SMILES string of the molecule is O=S(=O)(O)O.[MgH2].[Mn].[NaH]. The van der Waals surface area contributed by atoms with Gasteiger partial charge in [0.05, 0.1) is 0 Å². The summed E-state index contributed by atoms with van der Waals surface area (Å²) in [5, 5.41) is 0. The summed E-state index contributed by atoms with van der Waals surface area (Å²) in [7, 11) is -4.67. The second-order valence-electron chi connectivity index (χ2n) is 0.448. The van der Waals surface area contributed by atoms with Crippen LogP contribution in [0.1, 0.15) is 0 Å². The monoisotopic (exact) mass is 203 g/mol. The van der Waals surface area contributed by atoms with Crippen molar-refractivity contribution in [3.63, 3.8) is 0 Å². The van der Waals surface area contributed by atoms with Gasteiger partial charge in [-0.3, -0.25) is 9.11 Å². The van der Waals surface area contributed by atoms with Crippen molar-refractivity contribution in [1.82, 2.24) is 0 Å². The standard InChI is InChI=1S/Mg.Mn.Na.H2O4S.3H/c;;;1-5(2,3)4;;;/h;;;(H2,1,2,3,4);;;. The van der Waals surface area contributed by atoms with Gasteiger partial charge in [-0.15, -0.1) is 0 Å². The molecule has 0 aliphatic carbocycles. The van der Waals surface area contributed by atoms with Crippen molar-refractivity contribution in [2.75, 3.05) is 0 Å². The Hall–Kier alpha value is 2.16. The molecule has 0 aromatic heterocycles. The van der Waals surface area contributed by atoms with Gasteiger partial charge in [-0.1, -0.05) is 0 Å². The Labute approximate surface area is 96.3 Å². The average Bonchev–Trinajstić information content (AvgIpc) is 0.722. The molecule has 0 fully saturated rings. The average molecular weight is 203 g/mol. The van der Waals surface area contributed by atoms with Gasteiger partial charge in [0, 0.05) is 17.1 Å². The first-order chi connectivity index (χ1) is 2.00. The van der Waals surface area contributed by atoms with Gasteiger partial charge in [0.15, 0.2) is 0 Å². The number of rotatable bonds is 0. The molecule has 45 valence electrons. The molecule has 4 nitrogen and oxygen atoms in total. The topological polar surface area (TPSA) is 74.6 Å². The summed E-state index contributed by atoms with van der Waals surface area (Å²) in [6.07, 6.45) is 0. The van der Waals surface area contributed by atoms with Gasteiger partial charge in [-0.25, -0.2) is 0 Å². The van der Waals surface area contributed by atoms with Crippen LogP contribution in [0.25, 0.3) is 0 Å². The van der Waals surface area contributed by atoms with Gasteiger partial charge in [-0.05, 0) is 0 Å². The van der Waals surface area contributed by atoms with Crippen molar-refractivity contribution in [3.05, 3.63) is 0 Å². The Morgan fingerprint density at radius 1 is 1.12 bits per heavy atom. The van der Waals surface area contributed by atoms with Gasteiger partial charge in [0.2, 0.25) is 0 Å². The predicted octanol–water partition coefficient (Wildman–Crippen LogP) is -2.22. The van der Waals surface area contributed by atoms with Crippen molar-refractivity contribution in [2.45, 2.75) is 0 Å². The molecular formula is H5MgMnNaO4S. The fraction of sp³-hybridized carbons (Fsp3) is 0. The van der Waals surface area contributed by atoms with E-state index in [1.807, 2.05) is 0 Å². The first-order valence-electron chi connectivity index (χ1n) is 0.698. The molecule has 0 atom stereocenters. The molecule has 2 N–H and O–H groups in total. The summed E-state index contributed by atoms with van der Waals surface area (Å²) in [5.74, 6) is 0. The van der Waals surface area contributed by atoms with Crippen molar-refractivity contribution in [2.24, 2.45) is 0 Å². The fourth-order valence-electron chi connectivity index (χ4n) is 0. The maximum atomic E-state index is 8.74. The molecule has 8 heteroatoms. The van der Waals surface area contributed by atoms with Gasteiger partial charge in [-0.2, -0.15) is 8.42 Å². The van der Waals surface area contributed by atoms with E-state index in [1.165, 1.54) is 0 Å². The minimum absolute atomic E-state index is 0. The van der Waals surface area contributed by atoms with Gasteiger partial charge in [0.1, 0.15) is 0 Å². The zero-order chi connectivity index (χ0) is 4.50. The Balaban J connectivity index is -0.0000000267. The van der Waals surface area contributed by atoms with Crippen LogP contribution in [0.5, 0.6) is 0 Å². The van der Waals surface area contributed by atoms with Crippen LogP contribution >= 0.6 is 0 Å². The molecule has 0 aromatic rings. The quantitative estimate of drug-likeness (QED) is 0.345. The van der Waals surface area contributed by atoms with E-state index in [2.05, 4.69) is 0 Å². The summed E-state index contributed by atoms with van der Waals surface area (Å²) < 4.78 is 31.6. The van der Waals surface area contributed by atoms with E-state index >= 15 is 0 Å². The molecule has 0 aliphatic heterocycles. The first kappa shape index (κ1) is 22.5. The van der Waals surface area contributed by atoms with Crippen LogP contribution in [0.3, 0.4) is 0 Å². The van der Waals surface area contributed by atoms with E-state index in [0.717, 1.165) is 0 Å². The summed E-state index contributed by atoms with van der Waals surface area (Å²) in [6.45, 7) is 0. The van der Waals surface area contributed by atoms with Gasteiger partial charge in [0.25, 0.3) is 0 Å². The van der Waals surface area contributed by atoms with Crippen LogP contribution < -0.4 is 0 Å². The van der Waals surface area contributed by atoms with Crippen molar-refractivity contribution in [1.29, 1.82) is 0 Å². The molecule has 8 heavy (non-hydrogen) atoms. The van der Waals surface area contributed by atoms with Crippen LogP contribution in [-0.4, -0.2) is 70.1 Å². The van der Waals surface area contributed by atoms with E-state index in [9.17, 15) is 0 Å². The second-order valence-corrected chi connectivity index (χ2v) is 1.34. The molecule has 0 saturated heterocycles. The van der Waals surface area contributed by atoms with Gasteiger partial charge >= 0.3 is 63.0 Å². The third-order valence-corrected chi connectivity index (χ3v) is 0. The molecule has 0 spiro atoms. The van der Waals surface area contributed by atoms with E-state index in [0.29, 0.717) is 0 Å². The fourth-order valence-corrected chi connectivity index (χ4v) is 0. The maximum absolute atomic E-state index is 8.74. The van der Waals surface area contributed by atoms with E-state index in [-0.39, 0.29) is 69.7 Å². The molecule has 0 amide bonds. The molecule has 0 unspecified atom stereocenters. The molecule has 0 rings (SSSR count). The van der Waals surface area contributed by atoms with E-state index in [4.69, 9.17) is 17.5 Å². The summed E-state index contributed by atoms with van der Waals surface area (Å²) >= 11 is 0. The third kappa shape index (κ3) is 89.9. The van der Waals surface area contributed by atoms with E-state index < -0.39 is 10.4 Å². The van der Waals surface area contributed by atoms with Gasteiger partial charge < -0.3 is 0 Å². The zero-order valence-corrected chi connectivity index (χ0v) is 4.49. The first-order valence-corrected chi connectivity index (χ1v) is 2.10. The molecular weight excluding hydrogens is 198 g/mol. The van der Waals surface area contributed by atoms with Crippen LogP contribution in [0.15, 0.2) is 0 Å². The summed E-state index contributed by atoms with van der Waals surface area (Å²) in [6, 6.07) is 0. The Kier molecular flexibility index (Phi) is 25.7. The van der Waals surface area contributed by atoms with Crippen LogP contribution in [0, 0.1) is 0 Å². The van der Waals surface area contributed by atoms with Crippen molar-refractivity contribution >= 4 is 63.0 Å². The molecule has 0 saturated carbocycles. The predicted molar refractivity (Wildman–Crippen MR) is 29.9 cm³/mol. The normalized spacial score (nSPS) is 7.25. The molecule has 0 aliphatic rings. The molecule has 0 aromatic carbocycles. The zero-order valence-electron chi connectivity index (χ0n) is 2.50.